The molecule has 2 rings (SSSR count). The number of benzene rings is 1. The fourth-order valence-corrected chi connectivity index (χ4v) is 2.42. The maximum Gasteiger partial charge on any atom is 0.237 e. The summed E-state index contributed by atoms with van der Waals surface area (Å²) >= 11 is 0. The zero-order valence-electron chi connectivity index (χ0n) is 11.4. The second kappa shape index (κ2) is 6.68. The minimum absolute atomic E-state index is 0.0235. The molecule has 0 radical (unpaired) electrons. The van der Waals surface area contributed by atoms with Crippen LogP contribution < -0.4 is 10.6 Å². The molecule has 1 aromatic carbocycles. The summed E-state index contributed by atoms with van der Waals surface area (Å²) in [7, 11) is 0. The van der Waals surface area contributed by atoms with Crippen molar-refractivity contribution in [1.29, 1.82) is 0 Å². The summed E-state index contributed by atoms with van der Waals surface area (Å²) in [5, 5.41) is 15.7. The summed E-state index contributed by atoms with van der Waals surface area (Å²) < 4.78 is 0. The lowest BCUT2D eigenvalue weighted by Crippen LogP contribution is -2.49. The quantitative estimate of drug-likeness (QED) is 0.741. The average Bonchev–Trinajstić information content (AvgIpc) is 2.44. The second-order valence-corrected chi connectivity index (χ2v) is 5.09. The van der Waals surface area contributed by atoms with Crippen LogP contribution in [0, 0.1) is 0 Å². The molecule has 4 nitrogen and oxygen atoms in total. The smallest absolute Gasteiger partial charge is 0.237 e. The van der Waals surface area contributed by atoms with E-state index in [1.165, 1.54) is 11.1 Å². The first-order chi connectivity index (χ1) is 9.20. The molecule has 0 aromatic heterocycles. The Bertz CT molecular complexity index is 434. The monoisotopic (exact) mass is 262 g/mol. The van der Waals surface area contributed by atoms with E-state index in [2.05, 4.69) is 22.8 Å². The third-order valence-electron chi connectivity index (χ3n) is 3.53. The third-order valence-corrected chi connectivity index (χ3v) is 3.53. The Labute approximate surface area is 114 Å². The Balaban J connectivity index is 1.85. The minimum atomic E-state index is -0.440. The molecule has 0 aliphatic carbocycles. The molecular weight excluding hydrogens is 240 g/mol. The third kappa shape index (κ3) is 3.78. The number of fused-ring (bicyclic) bond motifs is 1. The maximum atomic E-state index is 12.0. The van der Waals surface area contributed by atoms with Gasteiger partial charge in [-0.15, -0.1) is 0 Å². The molecule has 2 unspecified atom stereocenters. The average molecular weight is 262 g/mol. The topological polar surface area (TPSA) is 61.4 Å². The molecule has 1 aliphatic heterocycles. The van der Waals surface area contributed by atoms with E-state index in [1.54, 1.807) is 0 Å². The second-order valence-electron chi connectivity index (χ2n) is 5.09. The first-order valence-electron chi connectivity index (χ1n) is 6.96. The molecule has 104 valence electrons. The molecule has 1 heterocycles. The van der Waals surface area contributed by atoms with Crippen LogP contribution in [0.1, 0.15) is 30.9 Å². The normalized spacial score (nSPS) is 19.6. The van der Waals surface area contributed by atoms with Gasteiger partial charge in [0.1, 0.15) is 0 Å². The first kappa shape index (κ1) is 14.0. The van der Waals surface area contributed by atoms with Crippen molar-refractivity contribution < 1.29 is 9.90 Å². The molecule has 3 N–H and O–H groups in total. The van der Waals surface area contributed by atoms with Crippen LogP contribution in [-0.4, -0.2) is 29.7 Å². The Hall–Kier alpha value is -1.39. The molecule has 2 atom stereocenters. The summed E-state index contributed by atoms with van der Waals surface area (Å²) in [5.74, 6) is -0.0235. The van der Waals surface area contributed by atoms with E-state index in [0.717, 1.165) is 19.4 Å². The van der Waals surface area contributed by atoms with E-state index >= 15 is 0 Å². The Morgan fingerprint density at radius 2 is 2.21 bits per heavy atom. The molecular formula is C15H22N2O2. The van der Waals surface area contributed by atoms with Gasteiger partial charge in [0, 0.05) is 13.1 Å². The van der Waals surface area contributed by atoms with E-state index in [-0.39, 0.29) is 11.9 Å². The number of amides is 1. The summed E-state index contributed by atoms with van der Waals surface area (Å²) in [6.07, 6.45) is 1.92. The summed E-state index contributed by atoms with van der Waals surface area (Å²) in [4.78, 5) is 12.0. The number of aliphatic hydroxyl groups is 1. The van der Waals surface area contributed by atoms with Gasteiger partial charge in [0.05, 0.1) is 12.1 Å². The van der Waals surface area contributed by atoms with Crippen LogP contribution in [0.25, 0.3) is 0 Å². The van der Waals surface area contributed by atoms with Crippen LogP contribution in [0.5, 0.6) is 0 Å². The van der Waals surface area contributed by atoms with Gasteiger partial charge in [-0.2, -0.15) is 0 Å². The van der Waals surface area contributed by atoms with Gasteiger partial charge in [0.15, 0.2) is 0 Å². The minimum Gasteiger partial charge on any atom is -0.391 e. The van der Waals surface area contributed by atoms with Gasteiger partial charge in [-0.1, -0.05) is 37.6 Å². The van der Waals surface area contributed by atoms with Crippen molar-refractivity contribution in [2.75, 3.05) is 6.54 Å². The van der Waals surface area contributed by atoms with Crippen molar-refractivity contribution in [3.63, 3.8) is 0 Å². The van der Waals surface area contributed by atoms with Crippen molar-refractivity contribution in [3.05, 3.63) is 35.4 Å². The largest absolute Gasteiger partial charge is 0.391 e. The molecule has 1 aromatic rings. The standard InChI is InChI=1S/C15H22N2O2/c1-2-5-13(18)10-17-15(19)14-8-11-6-3-4-7-12(11)9-16-14/h3-4,6-7,13-14,16,18H,2,5,8-10H2,1H3,(H,17,19). The van der Waals surface area contributed by atoms with Gasteiger partial charge in [-0.25, -0.2) is 0 Å². The van der Waals surface area contributed by atoms with Crippen molar-refractivity contribution >= 4 is 5.91 Å². The molecule has 0 saturated carbocycles. The number of carbonyl (C=O) groups is 1. The van der Waals surface area contributed by atoms with Crippen molar-refractivity contribution in [1.82, 2.24) is 10.6 Å². The van der Waals surface area contributed by atoms with E-state index in [4.69, 9.17) is 0 Å². The Morgan fingerprint density at radius 3 is 2.95 bits per heavy atom. The van der Waals surface area contributed by atoms with Gasteiger partial charge in [0.2, 0.25) is 5.91 Å². The summed E-state index contributed by atoms with van der Waals surface area (Å²) in [6.45, 7) is 3.09. The predicted molar refractivity (Wildman–Crippen MR) is 74.7 cm³/mol. The number of rotatable bonds is 5. The maximum absolute atomic E-state index is 12.0. The molecule has 0 fully saturated rings. The number of nitrogens with one attached hydrogen (secondary N) is 2. The number of hydrogen-bond donors (Lipinski definition) is 3. The highest BCUT2D eigenvalue weighted by molar-refractivity contribution is 5.82. The molecule has 4 heteroatoms. The zero-order valence-corrected chi connectivity index (χ0v) is 11.4. The lowest BCUT2D eigenvalue weighted by Gasteiger charge is -2.25. The Kier molecular flexibility index (Phi) is 4.93. The van der Waals surface area contributed by atoms with Crippen LogP contribution >= 0.6 is 0 Å². The highest BCUT2D eigenvalue weighted by atomic mass is 16.3. The lowest BCUT2D eigenvalue weighted by molar-refractivity contribution is -0.123. The first-order valence-corrected chi connectivity index (χ1v) is 6.96. The van der Waals surface area contributed by atoms with Crippen LogP contribution in [0.2, 0.25) is 0 Å². The van der Waals surface area contributed by atoms with Crippen molar-refractivity contribution in [2.24, 2.45) is 0 Å². The van der Waals surface area contributed by atoms with Gasteiger partial charge in [0.25, 0.3) is 0 Å². The fourth-order valence-electron chi connectivity index (χ4n) is 2.42. The SMILES string of the molecule is CCCC(O)CNC(=O)C1Cc2ccccc2CN1. The van der Waals surface area contributed by atoms with E-state index < -0.39 is 6.10 Å². The predicted octanol–water partition coefficient (Wildman–Crippen LogP) is 0.978. The van der Waals surface area contributed by atoms with Gasteiger partial charge in [-0.05, 0) is 24.0 Å². The van der Waals surface area contributed by atoms with Crippen LogP contribution in [0.15, 0.2) is 24.3 Å². The summed E-state index contributed by atoms with van der Waals surface area (Å²) in [6, 6.07) is 7.99. The van der Waals surface area contributed by atoms with E-state index in [1.807, 2.05) is 19.1 Å². The number of aliphatic hydroxyl groups excluding tert-OH is 1. The van der Waals surface area contributed by atoms with Gasteiger partial charge < -0.3 is 15.7 Å². The number of carbonyl (C=O) groups excluding carboxylic acids is 1. The molecule has 1 amide bonds. The van der Waals surface area contributed by atoms with Crippen molar-refractivity contribution in [2.45, 2.75) is 44.9 Å². The van der Waals surface area contributed by atoms with Crippen LogP contribution in [0.3, 0.4) is 0 Å². The number of hydrogen-bond acceptors (Lipinski definition) is 3. The molecule has 19 heavy (non-hydrogen) atoms. The highest BCUT2D eigenvalue weighted by Crippen LogP contribution is 2.16. The summed E-state index contributed by atoms with van der Waals surface area (Å²) in [5.41, 5.74) is 2.49. The molecule has 0 bridgehead atoms. The van der Waals surface area contributed by atoms with Crippen molar-refractivity contribution in [3.8, 4) is 0 Å². The zero-order chi connectivity index (χ0) is 13.7. The fraction of sp³-hybridized carbons (Fsp3) is 0.533. The van der Waals surface area contributed by atoms with E-state index in [0.29, 0.717) is 13.0 Å². The van der Waals surface area contributed by atoms with Gasteiger partial charge in [-0.3, -0.25) is 4.79 Å². The molecule has 1 aliphatic rings. The van der Waals surface area contributed by atoms with Crippen LogP contribution in [-0.2, 0) is 17.8 Å². The van der Waals surface area contributed by atoms with Crippen LogP contribution in [0.4, 0.5) is 0 Å². The Morgan fingerprint density at radius 1 is 1.47 bits per heavy atom. The molecule has 0 saturated heterocycles. The van der Waals surface area contributed by atoms with E-state index in [9.17, 15) is 9.90 Å². The lowest BCUT2D eigenvalue weighted by atomic mass is 9.95. The highest BCUT2D eigenvalue weighted by Gasteiger charge is 2.23. The van der Waals surface area contributed by atoms with Gasteiger partial charge >= 0.3 is 0 Å². The molecule has 0 spiro atoms.